The molecule has 0 unspecified atom stereocenters. The summed E-state index contributed by atoms with van der Waals surface area (Å²) in [5, 5.41) is 12.8. The third-order valence-corrected chi connectivity index (χ3v) is 3.76. The van der Waals surface area contributed by atoms with E-state index in [0.717, 1.165) is 22.2 Å². The smallest absolute Gasteiger partial charge is 0.313 e. The molecule has 25 heavy (non-hydrogen) atoms. The molecule has 1 aromatic heterocycles. The number of benzene rings is 2. The van der Waals surface area contributed by atoms with Crippen molar-refractivity contribution in [2.75, 3.05) is 19.0 Å². The van der Waals surface area contributed by atoms with Crippen molar-refractivity contribution in [3.05, 3.63) is 54.2 Å². The largest absolute Gasteiger partial charge is 0.497 e. The van der Waals surface area contributed by atoms with E-state index in [-0.39, 0.29) is 0 Å². The van der Waals surface area contributed by atoms with Gasteiger partial charge in [-0.2, -0.15) is 5.10 Å². The van der Waals surface area contributed by atoms with Gasteiger partial charge in [0.2, 0.25) is 0 Å². The van der Waals surface area contributed by atoms with E-state index < -0.39 is 11.8 Å². The van der Waals surface area contributed by atoms with Crippen molar-refractivity contribution in [3.63, 3.8) is 0 Å². The number of aromatic nitrogens is 2. The number of hydrogen-bond donors (Lipinski definition) is 3. The molecule has 0 aliphatic rings. The highest BCUT2D eigenvalue weighted by molar-refractivity contribution is 6.39. The Bertz CT molecular complexity index is 887. The fourth-order valence-corrected chi connectivity index (χ4v) is 2.40. The summed E-state index contributed by atoms with van der Waals surface area (Å²) in [5.41, 5.74) is 2.37. The van der Waals surface area contributed by atoms with E-state index in [1.165, 1.54) is 0 Å². The number of amides is 2. The molecule has 0 saturated heterocycles. The molecule has 0 spiro atoms. The van der Waals surface area contributed by atoms with Crippen LogP contribution in [0.15, 0.2) is 48.7 Å². The first-order chi connectivity index (χ1) is 12.2. The maximum atomic E-state index is 11.9. The Kier molecular flexibility index (Phi) is 4.94. The molecule has 2 amide bonds. The number of hydrogen-bond acceptors (Lipinski definition) is 4. The van der Waals surface area contributed by atoms with Crippen LogP contribution in [-0.4, -0.2) is 35.7 Å². The Morgan fingerprint density at radius 2 is 1.92 bits per heavy atom. The lowest BCUT2D eigenvalue weighted by atomic mass is 10.1. The number of carbonyl (C=O) groups is 2. The number of carbonyl (C=O) groups excluding carboxylic acids is 2. The summed E-state index contributed by atoms with van der Waals surface area (Å²) in [4.78, 5) is 23.8. The van der Waals surface area contributed by atoms with Gasteiger partial charge in [-0.15, -0.1) is 0 Å². The molecule has 7 heteroatoms. The Hall–Kier alpha value is -3.35. The molecule has 2 aromatic carbocycles. The van der Waals surface area contributed by atoms with Crippen LogP contribution in [0.25, 0.3) is 10.9 Å². The van der Waals surface area contributed by atoms with Crippen LogP contribution in [-0.2, 0) is 16.0 Å². The average Bonchev–Trinajstić information content (AvgIpc) is 3.10. The Morgan fingerprint density at radius 3 is 2.68 bits per heavy atom. The van der Waals surface area contributed by atoms with Gasteiger partial charge in [0.05, 0.1) is 18.8 Å². The summed E-state index contributed by atoms with van der Waals surface area (Å²) in [7, 11) is 1.61. The lowest BCUT2D eigenvalue weighted by Gasteiger charge is -2.07. The molecular weight excluding hydrogens is 320 g/mol. The SMILES string of the molecule is COc1ccc(CCNC(=O)C(=O)Nc2ccc3cn[nH]c3c2)cc1. The monoisotopic (exact) mass is 338 g/mol. The predicted molar refractivity (Wildman–Crippen MR) is 94.4 cm³/mol. The minimum Gasteiger partial charge on any atom is -0.497 e. The number of anilines is 1. The van der Waals surface area contributed by atoms with Crippen LogP contribution in [0, 0.1) is 0 Å². The second-order valence-electron chi connectivity index (χ2n) is 5.48. The van der Waals surface area contributed by atoms with Crippen LogP contribution in [0.3, 0.4) is 0 Å². The number of ether oxygens (including phenoxy) is 1. The van der Waals surface area contributed by atoms with Gasteiger partial charge in [0, 0.05) is 17.6 Å². The maximum absolute atomic E-state index is 11.9. The number of nitrogens with zero attached hydrogens (tertiary/aromatic N) is 1. The molecule has 0 atom stereocenters. The normalized spacial score (nSPS) is 10.4. The highest BCUT2D eigenvalue weighted by atomic mass is 16.5. The van der Waals surface area contributed by atoms with Gasteiger partial charge in [-0.3, -0.25) is 14.7 Å². The predicted octanol–water partition coefficient (Wildman–Crippen LogP) is 1.87. The minimum atomic E-state index is -0.700. The van der Waals surface area contributed by atoms with Gasteiger partial charge in [-0.05, 0) is 42.3 Å². The summed E-state index contributed by atoms with van der Waals surface area (Å²) >= 11 is 0. The first kappa shape index (κ1) is 16.5. The van der Waals surface area contributed by atoms with E-state index >= 15 is 0 Å². The van der Waals surface area contributed by atoms with Crippen molar-refractivity contribution in [1.29, 1.82) is 0 Å². The molecular formula is C18H18N4O3. The molecule has 0 bridgehead atoms. The Balaban J connectivity index is 1.49. The van der Waals surface area contributed by atoms with Gasteiger partial charge < -0.3 is 15.4 Å². The van der Waals surface area contributed by atoms with Gasteiger partial charge in [0.1, 0.15) is 5.75 Å². The topological polar surface area (TPSA) is 96.1 Å². The van der Waals surface area contributed by atoms with Gasteiger partial charge in [0.15, 0.2) is 0 Å². The van der Waals surface area contributed by atoms with E-state index in [0.29, 0.717) is 18.7 Å². The van der Waals surface area contributed by atoms with E-state index in [1.54, 1.807) is 25.4 Å². The van der Waals surface area contributed by atoms with Gasteiger partial charge in [0.25, 0.3) is 0 Å². The van der Waals surface area contributed by atoms with Crippen LogP contribution in [0.2, 0.25) is 0 Å². The summed E-state index contributed by atoms with van der Waals surface area (Å²) in [6, 6.07) is 12.8. The number of nitrogens with one attached hydrogen (secondary N) is 3. The highest BCUT2D eigenvalue weighted by Crippen LogP contribution is 2.16. The summed E-state index contributed by atoms with van der Waals surface area (Å²) < 4.78 is 5.09. The zero-order chi connectivity index (χ0) is 17.6. The van der Waals surface area contributed by atoms with Gasteiger partial charge in [-0.25, -0.2) is 0 Å². The first-order valence-corrected chi connectivity index (χ1v) is 7.81. The third-order valence-electron chi connectivity index (χ3n) is 3.76. The van der Waals surface area contributed by atoms with Crippen molar-refractivity contribution >= 4 is 28.4 Å². The molecule has 3 N–H and O–H groups in total. The quantitative estimate of drug-likeness (QED) is 0.619. The standard InChI is InChI=1S/C18H18N4O3/c1-25-15-6-2-12(3-7-15)8-9-19-17(23)18(24)21-14-5-4-13-11-20-22-16(13)10-14/h2-7,10-11H,8-9H2,1H3,(H,19,23)(H,20,22)(H,21,24). The number of H-pyrrole nitrogens is 1. The molecule has 0 aliphatic heterocycles. The summed E-state index contributed by atoms with van der Waals surface area (Å²) in [5.74, 6) is -0.590. The zero-order valence-electron chi connectivity index (χ0n) is 13.7. The summed E-state index contributed by atoms with van der Waals surface area (Å²) in [6.45, 7) is 0.373. The van der Waals surface area contributed by atoms with Crippen molar-refractivity contribution in [1.82, 2.24) is 15.5 Å². The zero-order valence-corrected chi connectivity index (χ0v) is 13.7. The van der Waals surface area contributed by atoms with Crippen LogP contribution in [0.5, 0.6) is 5.75 Å². The number of methoxy groups -OCH3 is 1. The second kappa shape index (κ2) is 7.48. The summed E-state index contributed by atoms with van der Waals surface area (Å²) in [6.07, 6.45) is 2.32. The van der Waals surface area contributed by atoms with E-state index in [2.05, 4.69) is 20.8 Å². The van der Waals surface area contributed by atoms with E-state index in [4.69, 9.17) is 4.74 Å². The van der Waals surface area contributed by atoms with E-state index in [9.17, 15) is 9.59 Å². The molecule has 0 radical (unpaired) electrons. The number of fused-ring (bicyclic) bond motifs is 1. The lowest BCUT2D eigenvalue weighted by Crippen LogP contribution is -2.36. The van der Waals surface area contributed by atoms with Crippen LogP contribution in [0.4, 0.5) is 5.69 Å². The third kappa shape index (κ3) is 4.14. The minimum absolute atomic E-state index is 0.373. The van der Waals surface area contributed by atoms with Gasteiger partial charge >= 0.3 is 11.8 Å². The highest BCUT2D eigenvalue weighted by Gasteiger charge is 2.13. The van der Waals surface area contributed by atoms with Crippen LogP contribution < -0.4 is 15.4 Å². The average molecular weight is 338 g/mol. The first-order valence-electron chi connectivity index (χ1n) is 7.81. The van der Waals surface area contributed by atoms with Crippen molar-refractivity contribution in [2.24, 2.45) is 0 Å². The Labute approximate surface area is 144 Å². The Morgan fingerprint density at radius 1 is 1.12 bits per heavy atom. The second-order valence-corrected chi connectivity index (χ2v) is 5.48. The molecule has 7 nitrogen and oxygen atoms in total. The number of aromatic amines is 1. The molecule has 1 heterocycles. The van der Waals surface area contributed by atoms with E-state index in [1.807, 2.05) is 30.3 Å². The van der Waals surface area contributed by atoms with Crippen LogP contribution >= 0.6 is 0 Å². The van der Waals surface area contributed by atoms with Crippen molar-refractivity contribution < 1.29 is 14.3 Å². The lowest BCUT2D eigenvalue weighted by molar-refractivity contribution is -0.136. The molecule has 3 rings (SSSR count). The van der Waals surface area contributed by atoms with Crippen molar-refractivity contribution in [2.45, 2.75) is 6.42 Å². The van der Waals surface area contributed by atoms with Gasteiger partial charge in [-0.1, -0.05) is 12.1 Å². The van der Waals surface area contributed by atoms with Crippen molar-refractivity contribution in [3.8, 4) is 5.75 Å². The maximum Gasteiger partial charge on any atom is 0.313 e. The molecule has 0 aliphatic carbocycles. The molecule has 0 fully saturated rings. The number of rotatable bonds is 5. The molecule has 0 saturated carbocycles. The fraction of sp³-hybridized carbons (Fsp3) is 0.167. The fourth-order valence-electron chi connectivity index (χ4n) is 2.40. The van der Waals surface area contributed by atoms with Crippen LogP contribution in [0.1, 0.15) is 5.56 Å². The molecule has 128 valence electrons. The molecule has 3 aromatic rings.